The Morgan fingerprint density at radius 3 is 2.80 bits per heavy atom. The number of fused-ring (bicyclic) bond motifs is 1. The summed E-state index contributed by atoms with van der Waals surface area (Å²) in [7, 11) is 0. The zero-order chi connectivity index (χ0) is 17.8. The number of ether oxygens (including phenoxy) is 1. The van der Waals surface area contributed by atoms with E-state index in [1.54, 1.807) is 0 Å². The highest BCUT2D eigenvalue weighted by molar-refractivity contribution is 8.22. The second-order valence-corrected chi connectivity index (χ2v) is 7.41. The van der Waals surface area contributed by atoms with Crippen molar-refractivity contribution in [3.05, 3.63) is 23.8 Å². The molecule has 0 saturated carbocycles. The molecule has 134 valence electrons. The first-order valence-corrected chi connectivity index (χ1v) is 9.85. The summed E-state index contributed by atoms with van der Waals surface area (Å²) in [4.78, 5) is 2.34. The van der Waals surface area contributed by atoms with Gasteiger partial charge in [-0.1, -0.05) is 23.4 Å². The number of hydrogen-bond donors (Lipinski definition) is 1. The zero-order valence-electron chi connectivity index (χ0n) is 14.4. The average molecular weight is 379 g/mol. The summed E-state index contributed by atoms with van der Waals surface area (Å²) in [6, 6.07) is 6.09. The third-order valence-corrected chi connectivity index (χ3v) is 5.33. The maximum Gasteiger partial charge on any atom is 0.220 e. The Hall–Kier alpha value is -1.48. The van der Waals surface area contributed by atoms with Crippen molar-refractivity contribution in [2.75, 3.05) is 39.1 Å². The number of nitrogens with zero attached hydrogens (tertiary/aromatic N) is 4. The summed E-state index contributed by atoms with van der Waals surface area (Å²) < 4.78 is 7.74. The van der Waals surface area contributed by atoms with Gasteiger partial charge >= 0.3 is 0 Å². The molecule has 0 aliphatic carbocycles. The molecule has 0 bridgehead atoms. The van der Waals surface area contributed by atoms with Crippen molar-refractivity contribution in [2.45, 2.75) is 13.5 Å². The normalized spacial score (nSPS) is 16.1. The predicted molar refractivity (Wildman–Crippen MR) is 106 cm³/mol. The molecule has 1 aliphatic rings. The van der Waals surface area contributed by atoms with Gasteiger partial charge < -0.3 is 14.4 Å². The van der Waals surface area contributed by atoms with E-state index >= 15 is 0 Å². The topological polar surface area (TPSA) is 62.4 Å². The van der Waals surface area contributed by atoms with Crippen LogP contribution in [-0.2, 0) is 11.3 Å². The predicted octanol–water partition coefficient (Wildman–Crippen LogP) is 3.72. The van der Waals surface area contributed by atoms with E-state index < -0.39 is 0 Å². The molecular formula is C17H22N4O2S2. The van der Waals surface area contributed by atoms with E-state index in [0.29, 0.717) is 16.6 Å². The Bertz CT molecular complexity index is 798. The van der Waals surface area contributed by atoms with Gasteiger partial charge in [-0.25, -0.2) is 0 Å². The van der Waals surface area contributed by atoms with E-state index in [1.807, 2.05) is 35.9 Å². The monoisotopic (exact) mass is 378 g/mol. The first-order chi connectivity index (χ1) is 12.1. The van der Waals surface area contributed by atoms with Crippen LogP contribution in [0.3, 0.4) is 0 Å². The standard InChI is InChI=1S/C17H22N4O2S2/c1-12-3-4-14-13(11-12)15(18-19-17(24)25-2)16(22)21(14)6-5-20-7-9-23-10-8-20/h3-4,11,22H,5-10H2,1-2H3. The Morgan fingerprint density at radius 1 is 1.32 bits per heavy atom. The number of benzene rings is 1. The summed E-state index contributed by atoms with van der Waals surface area (Å²) in [5.74, 6) is 0.140. The van der Waals surface area contributed by atoms with Crippen molar-refractivity contribution < 1.29 is 9.84 Å². The fraction of sp³-hybridized carbons (Fsp3) is 0.471. The van der Waals surface area contributed by atoms with E-state index in [2.05, 4.69) is 15.1 Å². The first kappa shape index (κ1) is 18.3. The van der Waals surface area contributed by atoms with Crippen LogP contribution in [0.5, 0.6) is 5.88 Å². The largest absolute Gasteiger partial charge is 0.493 e. The SMILES string of the molecule is CSC(=S)N=Nc1c(O)n(CCN2CCOCC2)c2ccc(C)cc12. The van der Waals surface area contributed by atoms with Crippen molar-refractivity contribution >= 4 is 44.9 Å². The molecule has 25 heavy (non-hydrogen) atoms. The minimum Gasteiger partial charge on any atom is -0.493 e. The third kappa shape index (κ3) is 4.20. The summed E-state index contributed by atoms with van der Waals surface area (Å²) in [5, 5.41) is 19.9. The summed E-state index contributed by atoms with van der Waals surface area (Å²) in [6.07, 6.45) is 1.86. The lowest BCUT2D eigenvalue weighted by Crippen LogP contribution is -2.38. The first-order valence-electron chi connectivity index (χ1n) is 8.21. The van der Waals surface area contributed by atoms with Crippen LogP contribution in [0.1, 0.15) is 5.56 Å². The lowest BCUT2D eigenvalue weighted by molar-refractivity contribution is 0.0363. The lowest BCUT2D eigenvalue weighted by atomic mass is 10.1. The highest BCUT2D eigenvalue weighted by Crippen LogP contribution is 2.39. The molecule has 1 fully saturated rings. The number of hydrogen-bond acceptors (Lipinski definition) is 6. The summed E-state index contributed by atoms with van der Waals surface area (Å²) in [5.41, 5.74) is 2.55. The Kier molecular flexibility index (Phi) is 6.06. The van der Waals surface area contributed by atoms with E-state index in [-0.39, 0.29) is 5.88 Å². The van der Waals surface area contributed by atoms with Crippen LogP contribution in [0.15, 0.2) is 28.4 Å². The minimum absolute atomic E-state index is 0.140. The highest BCUT2D eigenvalue weighted by atomic mass is 32.2. The van der Waals surface area contributed by atoms with Gasteiger partial charge in [0.15, 0.2) is 10.0 Å². The third-order valence-electron chi connectivity index (χ3n) is 4.32. The molecule has 1 aliphatic heterocycles. The van der Waals surface area contributed by atoms with Crippen molar-refractivity contribution in [1.82, 2.24) is 9.47 Å². The maximum atomic E-state index is 10.7. The molecule has 1 aromatic heterocycles. The summed E-state index contributed by atoms with van der Waals surface area (Å²) >= 11 is 6.44. The van der Waals surface area contributed by atoms with Crippen LogP contribution in [0, 0.1) is 6.92 Å². The molecule has 8 heteroatoms. The molecule has 3 rings (SSSR count). The number of thiocarbonyl (C=S) groups is 1. The molecular weight excluding hydrogens is 356 g/mol. The van der Waals surface area contributed by atoms with Gasteiger partial charge in [0, 0.05) is 31.6 Å². The number of aryl methyl sites for hydroxylation is 1. The molecule has 0 unspecified atom stereocenters. The Labute approximate surface area is 156 Å². The van der Waals surface area contributed by atoms with Gasteiger partial charge in [-0.2, -0.15) is 0 Å². The van der Waals surface area contributed by atoms with Crippen molar-refractivity contribution in [2.24, 2.45) is 10.2 Å². The minimum atomic E-state index is 0.140. The molecule has 0 atom stereocenters. The van der Waals surface area contributed by atoms with Crippen LogP contribution < -0.4 is 0 Å². The number of aromatic nitrogens is 1. The zero-order valence-corrected chi connectivity index (χ0v) is 16.1. The summed E-state index contributed by atoms with van der Waals surface area (Å²) in [6.45, 7) is 6.95. The van der Waals surface area contributed by atoms with Gasteiger partial charge in [0.2, 0.25) is 5.88 Å². The molecule has 2 heterocycles. The van der Waals surface area contributed by atoms with E-state index in [4.69, 9.17) is 17.0 Å². The van der Waals surface area contributed by atoms with Gasteiger partial charge in [-0.3, -0.25) is 4.90 Å². The van der Waals surface area contributed by atoms with Crippen LogP contribution >= 0.6 is 24.0 Å². The molecule has 0 radical (unpaired) electrons. The van der Waals surface area contributed by atoms with Gasteiger partial charge in [0.05, 0.1) is 18.7 Å². The quantitative estimate of drug-likeness (QED) is 0.649. The van der Waals surface area contributed by atoms with Gasteiger partial charge in [-0.05, 0) is 37.5 Å². The van der Waals surface area contributed by atoms with Gasteiger partial charge in [-0.15, -0.1) is 10.2 Å². The smallest absolute Gasteiger partial charge is 0.220 e. The molecule has 6 nitrogen and oxygen atoms in total. The number of azo groups is 1. The van der Waals surface area contributed by atoms with Crippen LogP contribution in [-0.4, -0.2) is 58.0 Å². The van der Waals surface area contributed by atoms with Crippen molar-refractivity contribution in [1.29, 1.82) is 0 Å². The average Bonchev–Trinajstić information content (AvgIpc) is 2.89. The fourth-order valence-electron chi connectivity index (χ4n) is 2.96. The molecule has 1 N–H and O–H groups in total. The molecule has 1 saturated heterocycles. The Balaban J connectivity index is 1.92. The lowest BCUT2D eigenvalue weighted by Gasteiger charge is -2.26. The van der Waals surface area contributed by atoms with Crippen LogP contribution in [0.4, 0.5) is 5.69 Å². The van der Waals surface area contributed by atoms with E-state index in [1.165, 1.54) is 11.8 Å². The fourth-order valence-corrected chi connectivity index (χ4v) is 3.12. The maximum absolute atomic E-state index is 10.7. The van der Waals surface area contributed by atoms with E-state index in [0.717, 1.165) is 49.3 Å². The second kappa shape index (κ2) is 8.27. The second-order valence-electron chi connectivity index (χ2n) is 5.97. The van der Waals surface area contributed by atoms with Crippen LogP contribution in [0.2, 0.25) is 0 Å². The Morgan fingerprint density at radius 2 is 2.08 bits per heavy atom. The van der Waals surface area contributed by atoms with Gasteiger partial charge in [0.25, 0.3) is 0 Å². The number of thioether (sulfide) groups is 1. The van der Waals surface area contributed by atoms with E-state index in [9.17, 15) is 5.11 Å². The number of morpholine rings is 1. The van der Waals surface area contributed by atoms with Gasteiger partial charge in [0.1, 0.15) is 0 Å². The molecule has 0 spiro atoms. The molecule has 2 aromatic rings. The van der Waals surface area contributed by atoms with Crippen LogP contribution in [0.25, 0.3) is 10.9 Å². The highest BCUT2D eigenvalue weighted by Gasteiger charge is 2.18. The number of aromatic hydroxyl groups is 1. The molecule has 1 aromatic carbocycles. The molecule has 0 amide bonds. The van der Waals surface area contributed by atoms with Crippen molar-refractivity contribution in [3.63, 3.8) is 0 Å². The number of rotatable bonds is 4. The van der Waals surface area contributed by atoms with Crippen molar-refractivity contribution in [3.8, 4) is 5.88 Å².